The number of fused-ring (bicyclic) bond motifs is 2. The molecule has 1 fully saturated rings. The Morgan fingerprint density at radius 1 is 0.938 bits per heavy atom. The lowest BCUT2D eigenvalue weighted by Gasteiger charge is -2.34. The van der Waals surface area contributed by atoms with E-state index in [1.54, 1.807) is 0 Å². The number of aryl methyl sites for hydroxylation is 1. The van der Waals surface area contributed by atoms with E-state index in [2.05, 4.69) is 85.5 Å². The van der Waals surface area contributed by atoms with E-state index in [1.165, 1.54) is 16.8 Å². The highest BCUT2D eigenvalue weighted by molar-refractivity contribution is 5.75. The van der Waals surface area contributed by atoms with E-state index >= 15 is 0 Å². The van der Waals surface area contributed by atoms with E-state index in [0.29, 0.717) is 5.95 Å². The van der Waals surface area contributed by atoms with Crippen molar-refractivity contribution >= 4 is 28.4 Å². The molecule has 2 aromatic carbocycles. The monoisotopic (exact) mass is 425 g/mol. The van der Waals surface area contributed by atoms with E-state index < -0.39 is 0 Å². The molecule has 1 aliphatic heterocycles. The predicted octanol–water partition coefficient (Wildman–Crippen LogP) is 3.86. The third-order valence-corrected chi connectivity index (χ3v) is 6.72. The first-order chi connectivity index (χ1) is 15.7. The molecule has 1 unspecified atom stereocenters. The van der Waals surface area contributed by atoms with Crippen LogP contribution in [0, 0.1) is 0 Å². The minimum Gasteiger partial charge on any atom is -0.369 e. The van der Waals surface area contributed by atoms with Crippen LogP contribution >= 0.6 is 0 Å². The lowest BCUT2D eigenvalue weighted by molar-refractivity contribution is 0.313. The molecular weight excluding hydrogens is 398 g/mol. The van der Waals surface area contributed by atoms with Crippen LogP contribution in [-0.4, -0.2) is 57.9 Å². The maximum Gasteiger partial charge on any atom is 0.229 e. The van der Waals surface area contributed by atoms with Crippen LogP contribution in [-0.2, 0) is 6.42 Å². The Labute approximate surface area is 187 Å². The molecule has 0 amide bonds. The number of hydrogen-bond donors (Lipinski definition) is 1. The van der Waals surface area contributed by atoms with Gasteiger partial charge in [-0.2, -0.15) is 10.1 Å². The Hall–Kier alpha value is -3.45. The number of nitrogens with one attached hydrogen (secondary N) is 1. The van der Waals surface area contributed by atoms with Gasteiger partial charge in [-0.15, -0.1) is 0 Å². The summed E-state index contributed by atoms with van der Waals surface area (Å²) >= 11 is 0. The fraction of sp³-hybridized carbons (Fsp3) is 0.320. The second kappa shape index (κ2) is 7.91. The quantitative estimate of drug-likeness (QED) is 0.536. The second-order valence-corrected chi connectivity index (χ2v) is 8.78. The fourth-order valence-corrected chi connectivity index (χ4v) is 4.86. The van der Waals surface area contributed by atoms with Crippen molar-refractivity contribution in [1.82, 2.24) is 24.6 Å². The predicted molar refractivity (Wildman–Crippen MR) is 128 cm³/mol. The van der Waals surface area contributed by atoms with Crippen molar-refractivity contribution in [3.05, 3.63) is 72.1 Å². The molecule has 32 heavy (non-hydrogen) atoms. The standard InChI is InChI=1S/C25H27N7/c1-30-12-14-31(15-13-30)21-9-7-20(8-10-21)28-25-26-16-19-17-27-32(24(19)29-25)23-11-6-18-4-2-3-5-22(18)23/h2-5,7-10,16-17,23H,6,11-15H2,1H3,(H,26,28,29). The van der Waals surface area contributed by atoms with Crippen molar-refractivity contribution in [3.63, 3.8) is 0 Å². The maximum atomic E-state index is 4.83. The van der Waals surface area contributed by atoms with Gasteiger partial charge in [0.25, 0.3) is 0 Å². The van der Waals surface area contributed by atoms with E-state index in [-0.39, 0.29) is 6.04 Å². The van der Waals surface area contributed by atoms with Gasteiger partial charge in [-0.05, 0) is 55.3 Å². The summed E-state index contributed by atoms with van der Waals surface area (Å²) in [7, 11) is 2.18. The minimum atomic E-state index is 0.231. The Morgan fingerprint density at radius 3 is 2.59 bits per heavy atom. The minimum absolute atomic E-state index is 0.231. The van der Waals surface area contributed by atoms with Crippen molar-refractivity contribution in [3.8, 4) is 0 Å². The molecule has 0 spiro atoms. The van der Waals surface area contributed by atoms with Gasteiger partial charge in [-0.1, -0.05) is 24.3 Å². The van der Waals surface area contributed by atoms with Gasteiger partial charge < -0.3 is 15.1 Å². The molecule has 3 heterocycles. The molecule has 2 aromatic heterocycles. The van der Waals surface area contributed by atoms with Crippen LogP contribution in [0.25, 0.3) is 11.0 Å². The molecule has 4 aromatic rings. The fourth-order valence-electron chi connectivity index (χ4n) is 4.86. The lowest BCUT2D eigenvalue weighted by atomic mass is 10.1. The van der Waals surface area contributed by atoms with Crippen molar-refractivity contribution in [1.29, 1.82) is 0 Å². The average Bonchev–Trinajstić information content (AvgIpc) is 3.44. The number of hydrogen-bond acceptors (Lipinski definition) is 6. The zero-order valence-corrected chi connectivity index (χ0v) is 18.3. The molecule has 2 aliphatic rings. The smallest absolute Gasteiger partial charge is 0.229 e. The molecule has 1 atom stereocenters. The molecule has 6 rings (SSSR count). The third-order valence-electron chi connectivity index (χ3n) is 6.72. The number of anilines is 3. The molecule has 1 N–H and O–H groups in total. The zero-order chi connectivity index (χ0) is 21.5. The Morgan fingerprint density at radius 2 is 1.75 bits per heavy atom. The zero-order valence-electron chi connectivity index (χ0n) is 18.3. The number of rotatable bonds is 4. The molecule has 0 bridgehead atoms. The first-order valence-electron chi connectivity index (χ1n) is 11.3. The van der Waals surface area contributed by atoms with Crippen LogP contribution in [0.4, 0.5) is 17.3 Å². The number of likely N-dealkylation sites (N-methyl/N-ethyl adjacent to an activating group) is 1. The molecule has 162 valence electrons. The summed E-state index contributed by atoms with van der Waals surface area (Å²) in [5.74, 6) is 0.595. The van der Waals surface area contributed by atoms with Gasteiger partial charge in [0, 0.05) is 43.8 Å². The van der Waals surface area contributed by atoms with Gasteiger partial charge >= 0.3 is 0 Å². The highest BCUT2D eigenvalue weighted by atomic mass is 15.3. The van der Waals surface area contributed by atoms with Crippen LogP contribution in [0.15, 0.2) is 60.9 Å². The molecule has 7 nitrogen and oxygen atoms in total. The number of aromatic nitrogens is 4. The van der Waals surface area contributed by atoms with E-state index in [4.69, 9.17) is 4.98 Å². The van der Waals surface area contributed by atoms with E-state index in [0.717, 1.165) is 55.7 Å². The summed E-state index contributed by atoms with van der Waals surface area (Å²) in [6.07, 6.45) is 5.85. The number of nitrogens with zero attached hydrogens (tertiary/aromatic N) is 6. The molecule has 0 radical (unpaired) electrons. The molecule has 0 saturated carbocycles. The number of benzene rings is 2. The van der Waals surface area contributed by atoms with Gasteiger partial charge in [0.15, 0.2) is 5.65 Å². The maximum absolute atomic E-state index is 4.83. The highest BCUT2D eigenvalue weighted by Gasteiger charge is 2.26. The largest absolute Gasteiger partial charge is 0.369 e. The van der Waals surface area contributed by atoms with Crippen molar-refractivity contribution in [2.45, 2.75) is 18.9 Å². The van der Waals surface area contributed by atoms with Crippen molar-refractivity contribution < 1.29 is 0 Å². The van der Waals surface area contributed by atoms with Crippen molar-refractivity contribution in [2.75, 3.05) is 43.4 Å². The summed E-state index contributed by atoms with van der Waals surface area (Å²) < 4.78 is 2.06. The molecule has 1 aliphatic carbocycles. The summed E-state index contributed by atoms with van der Waals surface area (Å²) in [6, 6.07) is 17.4. The van der Waals surface area contributed by atoms with Gasteiger partial charge in [0.2, 0.25) is 5.95 Å². The molecule has 7 heteroatoms. The van der Waals surface area contributed by atoms with Crippen LogP contribution in [0.5, 0.6) is 0 Å². The topological polar surface area (TPSA) is 62.1 Å². The van der Waals surface area contributed by atoms with Gasteiger partial charge in [-0.3, -0.25) is 0 Å². The van der Waals surface area contributed by atoms with Crippen LogP contribution in [0.2, 0.25) is 0 Å². The summed E-state index contributed by atoms with van der Waals surface area (Å²) in [5, 5.41) is 9.00. The van der Waals surface area contributed by atoms with Crippen molar-refractivity contribution in [2.24, 2.45) is 0 Å². The Kier molecular flexibility index (Phi) is 4.76. The highest BCUT2D eigenvalue weighted by Crippen LogP contribution is 2.35. The summed E-state index contributed by atoms with van der Waals surface area (Å²) in [6.45, 7) is 4.34. The van der Waals surface area contributed by atoms with Crippen LogP contribution in [0.3, 0.4) is 0 Å². The van der Waals surface area contributed by atoms with Gasteiger partial charge in [-0.25, -0.2) is 9.67 Å². The normalized spacial score (nSPS) is 18.8. The lowest BCUT2D eigenvalue weighted by Crippen LogP contribution is -2.44. The summed E-state index contributed by atoms with van der Waals surface area (Å²) in [4.78, 5) is 14.2. The van der Waals surface area contributed by atoms with E-state index in [1.807, 2.05) is 12.4 Å². The first kappa shape index (κ1) is 19.3. The second-order valence-electron chi connectivity index (χ2n) is 8.78. The van der Waals surface area contributed by atoms with Gasteiger partial charge in [0.05, 0.1) is 17.6 Å². The van der Waals surface area contributed by atoms with Gasteiger partial charge in [0.1, 0.15) is 0 Å². The average molecular weight is 426 g/mol. The third kappa shape index (κ3) is 3.48. The van der Waals surface area contributed by atoms with Crippen LogP contribution in [0.1, 0.15) is 23.6 Å². The summed E-state index contributed by atoms with van der Waals surface area (Å²) in [5.41, 5.74) is 5.88. The van der Waals surface area contributed by atoms with Crippen LogP contribution < -0.4 is 10.2 Å². The molecule has 1 saturated heterocycles. The van der Waals surface area contributed by atoms with E-state index in [9.17, 15) is 0 Å². The number of piperazine rings is 1. The SMILES string of the molecule is CN1CCN(c2ccc(Nc3ncc4cnn(C5CCc6ccccc65)c4n3)cc2)CC1. The molecular formula is C25H27N7. The Bertz CT molecular complexity index is 1240. The Balaban J connectivity index is 1.23. The first-order valence-corrected chi connectivity index (χ1v) is 11.3.